The monoisotopic (exact) mass is 295 g/mol. The van der Waals surface area contributed by atoms with E-state index in [0.717, 1.165) is 24.4 Å². The van der Waals surface area contributed by atoms with E-state index >= 15 is 0 Å². The van der Waals surface area contributed by atoms with E-state index in [4.69, 9.17) is 4.74 Å². The summed E-state index contributed by atoms with van der Waals surface area (Å²) in [6.07, 6.45) is 8.74. The van der Waals surface area contributed by atoms with Crippen LogP contribution in [0.4, 0.5) is 0 Å². The molecule has 0 aromatic heterocycles. The molecule has 2 aliphatic carbocycles. The van der Waals surface area contributed by atoms with Crippen molar-refractivity contribution >= 4 is 0 Å². The zero-order valence-electron chi connectivity index (χ0n) is 15.0. The fraction of sp³-hybridized carbons (Fsp3) is 1.00. The highest BCUT2D eigenvalue weighted by Crippen LogP contribution is 2.53. The molecular formula is C19H37NO. The van der Waals surface area contributed by atoms with Crippen LogP contribution in [0.25, 0.3) is 0 Å². The lowest BCUT2D eigenvalue weighted by Gasteiger charge is -2.58. The molecule has 0 amide bonds. The molecule has 0 aromatic rings. The van der Waals surface area contributed by atoms with Crippen molar-refractivity contribution in [2.24, 2.45) is 23.2 Å². The molecule has 2 unspecified atom stereocenters. The second-order valence-electron chi connectivity index (χ2n) is 8.09. The Hall–Kier alpha value is -0.0800. The fourth-order valence-electron chi connectivity index (χ4n) is 4.87. The summed E-state index contributed by atoms with van der Waals surface area (Å²) in [5.74, 6) is 2.32. The second-order valence-corrected chi connectivity index (χ2v) is 8.09. The number of hydrogen-bond acceptors (Lipinski definition) is 2. The second kappa shape index (κ2) is 7.46. The first-order valence-corrected chi connectivity index (χ1v) is 9.36. The van der Waals surface area contributed by atoms with Gasteiger partial charge in [-0.3, -0.25) is 0 Å². The summed E-state index contributed by atoms with van der Waals surface area (Å²) in [6.45, 7) is 13.7. The summed E-state index contributed by atoms with van der Waals surface area (Å²) in [4.78, 5) is 0. The molecular weight excluding hydrogens is 258 g/mol. The SMILES string of the molecule is CCOC1CC(NCC(C(C)C)C(C)C)C12CCCCC2. The molecule has 124 valence electrons. The predicted octanol–water partition coefficient (Wildman–Crippen LogP) is 4.63. The molecule has 2 heteroatoms. The Bertz CT molecular complexity index is 299. The van der Waals surface area contributed by atoms with Crippen LogP contribution in [0.2, 0.25) is 0 Å². The van der Waals surface area contributed by atoms with E-state index in [-0.39, 0.29) is 0 Å². The first-order valence-electron chi connectivity index (χ1n) is 9.36. The molecule has 0 radical (unpaired) electrons. The topological polar surface area (TPSA) is 21.3 Å². The van der Waals surface area contributed by atoms with Gasteiger partial charge in [0.2, 0.25) is 0 Å². The van der Waals surface area contributed by atoms with Crippen molar-refractivity contribution in [3.63, 3.8) is 0 Å². The third-order valence-electron chi connectivity index (χ3n) is 6.25. The number of hydrogen-bond donors (Lipinski definition) is 1. The van der Waals surface area contributed by atoms with E-state index in [2.05, 4.69) is 39.9 Å². The number of nitrogens with one attached hydrogen (secondary N) is 1. The number of ether oxygens (including phenoxy) is 1. The maximum atomic E-state index is 6.06. The Morgan fingerprint density at radius 3 is 2.19 bits per heavy atom. The molecule has 0 heterocycles. The molecule has 0 aliphatic heterocycles. The van der Waals surface area contributed by atoms with E-state index in [0.29, 0.717) is 17.6 Å². The normalized spacial score (nSPS) is 28.6. The van der Waals surface area contributed by atoms with Crippen molar-refractivity contribution in [2.45, 2.75) is 85.3 Å². The molecule has 2 aliphatic rings. The Kier molecular flexibility index (Phi) is 6.14. The first kappa shape index (κ1) is 17.3. The van der Waals surface area contributed by atoms with Crippen LogP contribution in [-0.2, 0) is 4.74 Å². The summed E-state index contributed by atoms with van der Waals surface area (Å²) in [6, 6.07) is 0.703. The van der Waals surface area contributed by atoms with Gasteiger partial charge in [-0.05, 0) is 50.5 Å². The minimum atomic E-state index is 0.465. The molecule has 0 bridgehead atoms. The lowest BCUT2D eigenvalue weighted by atomic mass is 9.55. The lowest BCUT2D eigenvalue weighted by molar-refractivity contribution is -0.150. The van der Waals surface area contributed by atoms with Crippen molar-refractivity contribution in [1.82, 2.24) is 5.32 Å². The van der Waals surface area contributed by atoms with E-state index in [1.165, 1.54) is 45.1 Å². The van der Waals surface area contributed by atoms with Crippen molar-refractivity contribution in [2.75, 3.05) is 13.2 Å². The van der Waals surface area contributed by atoms with Gasteiger partial charge in [-0.25, -0.2) is 0 Å². The van der Waals surface area contributed by atoms with Crippen LogP contribution in [0.3, 0.4) is 0 Å². The first-order chi connectivity index (χ1) is 10.0. The quantitative estimate of drug-likeness (QED) is 0.739. The molecule has 2 fully saturated rings. The van der Waals surface area contributed by atoms with Crippen molar-refractivity contribution < 1.29 is 4.74 Å². The fourth-order valence-corrected chi connectivity index (χ4v) is 4.87. The van der Waals surface area contributed by atoms with E-state index in [1.54, 1.807) is 0 Å². The van der Waals surface area contributed by atoms with Crippen molar-refractivity contribution in [3.05, 3.63) is 0 Å². The summed E-state index contributed by atoms with van der Waals surface area (Å²) < 4.78 is 6.06. The highest BCUT2D eigenvalue weighted by molar-refractivity contribution is 5.09. The van der Waals surface area contributed by atoms with Gasteiger partial charge in [0.15, 0.2) is 0 Å². The van der Waals surface area contributed by atoms with Gasteiger partial charge in [0, 0.05) is 18.1 Å². The van der Waals surface area contributed by atoms with Crippen molar-refractivity contribution in [3.8, 4) is 0 Å². The van der Waals surface area contributed by atoms with E-state index in [1.807, 2.05) is 0 Å². The molecule has 2 saturated carbocycles. The van der Waals surface area contributed by atoms with Gasteiger partial charge < -0.3 is 10.1 Å². The minimum Gasteiger partial charge on any atom is -0.378 e. The largest absolute Gasteiger partial charge is 0.378 e. The van der Waals surface area contributed by atoms with Crippen LogP contribution >= 0.6 is 0 Å². The Morgan fingerprint density at radius 1 is 1.05 bits per heavy atom. The van der Waals surface area contributed by atoms with Gasteiger partial charge in [0.05, 0.1) is 6.10 Å². The van der Waals surface area contributed by atoms with Crippen molar-refractivity contribution in [1.29, 1.82) is 0 Å². The summed E-state index contributed by atoms with van der Waals surface area (Å²) in [5, 5.41) is 3.95. The maximum absolute atomic E-state index is 6.06. The Morgan fingerprint density at radius 2 is 1.67 bits per heavy atom. The van der Waals surface area contributed by atoms with E-state index in [9.17, 15) is 0 Å². The third kappa shape index (κ3) is 3.64. The molecule has 0 saturated heterocycles. The van der Waals surface area contributed by atoms with Gasteiger partial charge >= 0.3 is 0 Å². The zero-order chi connectivity index (χ0) is 15.5. The molecule has 0 aromatic carbocycles. The average molecular weight is 296 g/mol. The predicted molar refractivity (Wildman–Crippen MR) is 90.5 cm³/mol. The molecule has 1 spiro atoms. The lowest BCUT2D eigenvalue weighted by Crippen LogP contribution is -2.65. The third-order valence-corrected chi connectivity index (χ3v) is 6.25. The van der Waals surface area contributed by atoms with Gasteiger partial charge in [-0.2, -0.15) is 0 Å². The Balaban J connectivity index is 1.93. The van der Waals surface area contributed by atoms with Gasteiger partial charge in [-0.15, -0.1) is 0 Å². The minimum absolute atomic E-state index is 0.465. The standard InChI is InChI=1S/C19H37NO/c1-6-21-18-12-17(19(18)10-8-7-9-11-19)20-13-16(14(2)3)15(4)5/h14-18,20H,6-13H2,1-5H3. The average Bonchev–Trinajstić information content (AvgIpc) is 2.45. The van der Waals surface area contributed by atoms with Crippen LogP contribution in [0.1, 0.15) is 73.1 Å². The van der Waals surface area contributed by atoms with Crippen LogP contribution in [0, 0.1) is 23.2 Å². The van der Waals surface area contributed by atoms with Gasteiger partial charge in [0.1, 0.15) is 0 Å². The summed E-state index contributed by atoms with van der Waals surface area (Å²) in [5.41, 5.74) is 0.465. The van der Waals surface area contributed by atoms with Crippen LogP contribution < -0.4 is 5.32 Å². The molecule has 2 atom stereocenters. The molecule has 1 N–H and O–H groups in total. The zero-order valence-corrected chi connectivity index (χ0v) is 15.0. The highest BCUT2D eigenvalue weighted by Gasteiger charge is 2.55. The Labute approximate surface area is 132 Å². The van der Waals surface area contributed by atoms with Crippen LogP contribution in [0.5, 0.6) is 0 Å². The van der Waals surface area contributed by atoms with Gasteiger partial charge in [0.25, 0.3) is 0 Å². The van der Waals surface area contributed by atoms with Crippen LogP contribution in [0.15, 0.2) is 0 Å². The summed E-state index contributed by atoms with van der Waals surface area (Å²) in [7, 11) is 0. The maximum Gasteiger partial charge on any atom is 0.0661 e. The molecule has 2 rings (SSSR count). The molecule has 21 heavy (non-hydrogen) atoms. The number of rotatable bonds is 7. The smallest absolute Gasteiger partial charge is 0.0661 e. The van der Waals surface area contributed by atoms with E-state index < -0.39 is 0 Å². The highest BCUT2D eigenvalue weighted by atomic mass is 16.5. The molecule has 2 nitrogen and oxygen atoms in total. The summed E-state index contributed by atoms with van der Waals surface area (Å²) >= 11 is 0. The van der Waals surface area contributed by atoms with Gasteiger partial charge in [-0.1, -0.05) is 47.0 Å². The van der Waals surface area contributed by atoms with Crippen LogP contribution in [-0.4, -0.2) is 25.3 Å².